The van der Waals surface area contributed by atoms with Crippen molar-refractivity contribution in [3.8, 4) is 28.1 Å². The van der Waals surface area contributed by atoms with Crippen LogP contribution in [0.25, 0.3) is 28.0 Å². The number of nitrogens with one attached hydrogen (secondary N) is 1. The Balaban J connectivity index is 1.48. The Morgan fingerprint density at radius 2 is 1.74 bits per heavy atom. The van der Waals surface area contributed by atoms with Gasteiger partial charge in [0.05, 0.1) is 30.8 Å². The zero-order valence-electron chi connectivity index (χ0n) is 22.9. The number of fused-ring (bicyclic) bond motifs is 1. The maximum absolute atomic E-state index is 13.1. The van der Waals surface area contributed by atoms with Crippen molar-refractivity contribution in [3.05, 3.63) is 84.4 Å². The van der Waals surface area contributed by atoms with Crippen LogP contribution in [-0.4, -0.2) is 49.1 Å². The molecule has 0 radical (unpaired) electrons. The average molecular weight is 579 g/mol. The second-order valence-corrected chi connectivity index (χ2v) is 10.2. The zero-order valence-corrected chi connectivity index (χ0v) is 22.9. The van der Waals surface area contributed by atoms with Gasteiger partial charge in [-0.15, -0.1) is 0 Å². The smallest absolute Gasteiger partial charge is 0.435 e. The highest BCUT2D eigenvalue weighted by molar-refractivity contribution is 6.04. The number of rotatable bonds is 5. The predicted molar refractivity (Wildman–Crippen MR) is 147 cm³/mol. The second kappa shape index (κ2) is 10.7. The second-order valence-electron chi connectivity index (χ2n) is 10.2. The summed E-state index contributed by atoms with van der Waals surface area (Å²) in [5.74, 6) is -0.255. The normalized spacial score (nSPS) is 11.9. The molecular weight excluding hydrogens is 553 g/mol. The summed E-state index contributed by atoms with van der Waals surface area (Å²) in [6, 6.07) is 10.7. The van der Waals surface area contributed by atoms with Crippen LogP contribution >= 0.6 is 0 Å². The molecule has 0 spiro atoms. The van der Waals surface area contributed by atoms with E-state index in [1.165, 1.54) is 31.6 Å². The third-order valence-electron chi connectivity index (χ3n) is 6.06. The molecule has 13 heteroatoms. The van der Waals surface area contributed by atoms with Crippen molar-refractivity contribution < 1.29 is 32.2 Å². The van der Waals surface area contributed by atoms with E-state index in [0.717, 1.165) is 16.8 Å². The number of carbonyl (C=O) groups is 2. The highest BCUT2D eigenvalue weighted by Gasteiger charge is 2.31. The maximum atomic E-state index is 13.1. The first-order chi connectivity index (χ1) is 19.8. The van der Waals surface area contributed by atoms with E-state index in [-0.39, 0.29) is 5.56 Å². The predicted octanol–water partition coefficient (Wildman–Crippen LogP) is 6.32. The van der Waals surface area contributed by atoms with E-state index in [1.807, 2.05) is 0 Å². The van der Waals surface area contributed by atoms with Crippen LogP contribution in [0, 0.1) is 0 Å². The number of alkyl halides is 3. The first kappa shape index (κ1) is 28.3. The largest absolute Gasteiger partial charge is 0.496 e. The summed E-state index contributed by atoms with van der Waals surface area (Å²) in [4.78, 5) is 29.7. The van der Waals surface area contributed by atoms with Crippen LogP contribution in [-0.2, 0) is 10.9 Å². The van der Waals surface area contributed by atoms with E-state index in [2.05, 4.69) is 20.5 Å². The fourth-order valence-electron chi connectivity index (χ4n) is 4.20. The Hall–Kier alpha value is -5.20. The van der Waals surface area contributed by atoms with Crippen LogP contribution in [0.1, 0.15) is 36.7 Å². The van der Waals surface area contributed by atoms with Gasteiger partial charge < -0.3 is 14.8 Å². The number of carbonyl (C=O) groups excluding carboxylic acids is 2. The van der Waals surface area contributed by atoms with Gasteiger partial charge in [-0.1, -0.05) is 6.07 Å². The van der Waals surface area contributed by atoms with Gasteiger partial charge in [0.25, 0.3) is 5.91 Å². The molecule has 216 valence electrons. The van der Waals surface area contributed by atoms with Crippen LogP contribution in [0.4, 0.5) is 23.7 Å². The Morgan fingerprint density at radius 1 is 0.952 bits per heavy atom. The molecule has 1 N–H and O–H groups in total. The van der Waals surface area contributed by atoms with Gasteiger partial charge in [-0.25, -0.2) is 14.3 Å². The summed E-state index contributed by atoms with van der Waals surface area (Å²) in [5, 5.41) is 11.2. The third-order valence-corrected chi connectivity index (χ3v) is 6.06. The number of anilines is 1. The lowest BCUT2D eigenvalue weighted by Crippen LogP contribution is -2.27. The topological polar surface area (TPSA) is 113 Å². The summed E-state index contributed by atoms with van der Waals surface area (Å²) < 4.78 is 53.0. The summed E-state index contributed by atoms with van der Waals surface area (Å²) in [5.41, 5.74) is 1.29. The molecular formula is C29H25F3N6O4. The number of benzene rings is 2. The minimum Gasteiger partial charge on any atom is -0.496 e. The van der Waals surface area contributed by atoms with Crippen LogP contribution in [0.3, 0.4) is 0 Å². The van der Waals surface area contributed by atoms with E-state index in [9.17, 15) is 22.8 Å². The van der Waals surface area contributed by atoms with E-state index in [0.29, 0.717) is 39.5 Å². The zero-order chi connectivity index (χ0) is 30.2. The lowest BCUT2D eigenvalue weighted by Gasteiger charge is -2.18. The Morgan fingerprint density at radius 3 is 2.45 bits per heavy atom. The molecule has 0 aliphatic rings. The van der Waals surface area contributed by atoms with E-state index < -0.39 is 29.3 Å². The molecule has 0 atom stereocenters. The number of nitrogens with zero attached hydrogens (tertiary/aromatic N) is 5. The van der Waals surface area contributed by atoms with Crippen molar-refractivity contribution >= 4 is 23.3 Å². The fraction of sp³-hybridized carbons (Fsp3) is 0.207. The first-order valence-corrected chi connectivity index (χ1v) is 12.6. The molecule has 0 bridgehead atoms. The van der Waals surface area contributed by atoms with Crippen LogP contribution in [0.15, 0.2) is 73.3 Å². The molecule has 42 heavy (non-hydrogen) atoms. The average Bonchev–Trinajstić information content (AvgIpc) is 3.59. The SMILES string of the molecule is COc1ccc(NC(=O)c2cccc(C(F)(F)F)c2)cc1-c1ccnc2c(-c3cnn(C(=O)OC(C)(C)C)c3)cnn12. The van der Waals surface area contributed by atoms with Crippen molar-refractivity contribution in [3.63, 3.8) is 0 Å². The maximum Gasteiger partial charge on any atom is 0.435 e. The molecule has 1 amide bonds. The Kier molecular flexibility index (Phi) is 7.19. The number of halogens is 3. The summed E-state index contributed by atoms with van der Waals surface area (Å²) in [6.45, 7) is 5.27. The molecule has 0 fully saturated rings. The van der Waals surface area contributed by atoms with E-state index in [1.54, 1.807) is 61.9 Å². The Labute approximate surface area is 237 Å². The van der Waals surface area contributed by atoms with Gasteiger partial charge in [0.1, 0.15) is 11.4 Å². The van der Waals surface area contributed by atoms with Gasteiger partial charge in [0.2, 0.25) is 0 Å². The Bertz CT molecular complexity index is 1800. The minimum absolute atomic E-state index is 0.142. The minimum atomic E-state index is -4.58. The quantitative estimate of drug-likeness (QED) is 0.260. The molecule has 5 aromatic rings. The van der Waals surface area contributed by atoms with Gasteiger partial charge in [-0.05, 0) is 63.2 Å². The molecule has 5 rings (SSSR count). The molecule has 3 aromatic heterocycles. The monoisotopic (exact) mass is 578 g/mol. The van der Waals surface area contributed by atoms with Gasteiger partial charge in [-0.3, -0.25) is 4.79 Å². The summed E-state index contributed by atoms with van der Waals surface area (Å²) >= 11 is 0. The van der Waals surface area contributed by atoms with Crippen LogP contribution in [0.2, 0.25) is 0 Å². The third kappa shape index (κ3) is 5.80. The highest BCUT2D eigenvalue weighted by atomic mass is 19.4. The fourth-order valence-corrected chi connectivity index (χ4v) is 4.20. The van der Waals surface area contributed by atoms with Crippen LogP contribution < -0.4 is 10.1 Å². The lowest BCUT2D eigenvalue weighted by molar-refractivity contribution is -0.137. The van der Waals surface area contributed by atoms with Gasteiger partial charge >= 0.3 is 12.3 Å². The molecule has 0 saturated carbocycles. The molecule has 0 aliphatic carbocycles. The lowest BCUT2D eigenvalue weighted by atomic mass is 10.1. The van der Waals surface area contributed by atoms with E-state index in [4.69, 9.17) is 9.47 Å². The first-order valence-electron chi connectivity index (χ1n) is 12.6. The van der Waals surface area contributed by atoms with Crippen molar-refractivity contribution in [1.29, 1.82) is 0 Å². The van der Waals surface area contributed by atoms with Crippen molar-refractivity contribution in [2.24, 2.45) is 0 Å². The van der Waals surface area contributed by atoms with E-state index >= 15 is 0 Å². The van der Waals surface area contributed by atoms with Crippen molar-refractivity contribution in [1.82, 2.24) is 24.4 Å². The summed E-state index contributed by atoms with van der Waals surface area (Å²) in [7, 11) is 1.48. The number of hydrogen-bond donors (Lipinski definition) is 1. The number of aromatic nitrogens is 5. The highest BCUT2D eigenvalue weighted by Crippen LogP contribution is 2.35. The number of hydrogen-bond acceptors (Lipinski definition) is 7. The number of ether oxygens (including phenoxy) is 2. The molecule has 3 heterocycles. The van der Waals surface area contributed by atoms with Gasteiger partial charge in [0, 0.05) is 40.3 Å². The molecule has 0 saturated heterocycles. The van der Waals surface area contributed by atoms with Crippen LogP contribution in [0.5, 0.6) is 5.75 Å². The van der Waals surface area contributed by atoms with Crippen molar-refractivity contribution in [2.75, 3.05) is 12.4 Å². The van der Waals surface area contributed by atoms with Crippen molar-refractivity contribution in [2.45, 2.75) is 32.5 Å². The standard InChI is InChI=1S/C29H25F3N6O4/c1-28(2,3)42-27(40)37-16-18(14-34-37)22-15-35-38-23(10-11-33-25(22)38)21-13-20(8-9-24(21)41-4)36-26(39)17-6-5-7-19(12-17)29(30,31)32/h5-16H,1-4H3,(H,36,39). The van der Waals surface area contributed by atoms with Gasteiger partial charge in [0.15, 0.2) is 5.65 Å². The molecule has 0 aliphatic heterocycles. The summed E-state index contributed by atoms with van der Waals surface area (Å²) in [6.07, 6.45) is 0.958. The van der Waals surface area contributed by atoms with Gasteiger partial charge in [-0.2, -0.15) is 28.1 Å². The molecule has 2 aromatic carbocycles. The molecule has 10 nitrogen and oxygen atoms in total. The number of amides is 1. The number of methoxy groups -OCH3 is 1. The molecule has 0 unspecified atom stereocenters.